The van der Waals surface area contributed by atoms with Gasteiger partial charge in [0.15, 0.2) is 0 Å². The molecule has 0 bridgehead atoms. The second-order valence-electron chi connectivity index (χ2n) is 3.38. The molecule has 15 heavy (non-hydrogen) atoms. The van der Waals surface area contributed by atoms with E-state index >= 15 is 0 Å². The number of hydrogen-bond donors (Lipinski definition) is 1. The predicted octanol–water partition coefficient (Wildman–Crippen LogP) is 3.52. The standard InChI is InChI=1S/C11H13Cl2NO/c1-3-7(2)14-11(15)10-8(12)5-4-6-9(10)13/h4-7H,3H2,1-2H3,(H,14,15). The van der Waals surface area contributed by atoms with Gasteiger partial charge in [0.25, 0.3) is 5.91 Å². The summed E-state index contributed by atoms with van der Waals surface area (Å²) in [6.07, 6.45) is 0.869. The number of rotatable bonds is 3. The van der Waals surface area contributed by atoms with Crippen LogP contribution in [0.5, 0.6) is 0 Å². The average molecular weight is 246 g/mol. The molecule has 1 N–H and O–H groups in total. The molecule has 0 aliphatic carbocycles. The van der Waals surface area contributed by atoms with E-state index in [0.717, 1.165) is 6.42 Å². The summed E-state index contributed by atoms with van der Waals surface area (Å²) in [4.78, 5) is 11.8. The molecule has 0 fully saturated rings. The van der Waals surface area contributed by atoms with Gasteiger partial charge in [-0.05, 0) is 25.5 Å². The molecule has 0 radical (unpaired) electrons. The van der Waals surface area contributed by atoms with Crippen LogP contribution in [0.3, 0.4) is 0 Å². The van der Waals surface area contributed by atoms with Gasteiger partial charge < -0.3 is 5.32 Å². The summed E-state index contributed by atoms with van der Waals surface area (Å²) in [7, 11) is 0. The molecule has 2 nitrogen and oxygen atoms in total. The van der Waals surface area contributed by atoms with Gasteiger partial charge in [0, 0.05) is 6.04 Å². The van der Waals surface area contributed by atoms with Gasteiger partial charge >= 0.3 is 0 Å². The highest BCUT2D eigenvalue weighted by molar-refractivity contribution is 6.39. The van der Waals surface area contributed by atoms with Gasteiger partial charge in [-0.25, -0.2) is 0 Å². The molecule has 0 heterocycles. The van der Waals surface area contributed by atoms with E-state index in [1.165, 1.54) is 0 Å². The summed E-state index contributed by atoms with van der Waals surface area (Å²) in [6.45, 7) is 3.93. The van der Waals surface area contributed by atoms with E-state index in [2.05, 4.69) is 5.32 Å². The van der Waals surface area contributed by atoms with Crippen LogP contribution in [-0.4, -0.2) is 11.9 Å². The Morgan fingerprint density at radius 1 is 1.40 bits per heavy atom. The molecule has 1 aromatic carbocycles. The van der Waals surface area contributed by atoms with Crippen molar-refractivity contribution in [2.75, 3.05) is 0 Å². The van der Waals surface area contributed by atoms with Crippen molar-refractivity contribution in [1.29, 1.82) is 0 Å². The highest BCUT2D eigenvalue weighted by atomic mass is 35.5. The van der Waals surface area contributed by atoms with Gasteiger partial charge in [-0.1, -0.05) is 36.2 Å². The molecule has 0 saturated carbocycles. The van der Waals surface area contributed by atoms with E-state index in [9.17, 15) is 4.79 Å². The van der Waals surface area contributed by atoms with Crippen LogP contribution in [0.1, 0.15) is 30.6 Å². The van der Waals surface area contributed by atoms with Gasteiger partial charge in [0.05, 0.1) is 15.6 Å². The van der Waals surface area contributed by atoms with Crippen molar-refractivity contribution in [1.82, 2.24) is 5.32 Å². The molecule has 1 rings (SSSR count). The lowest BCUT2D eigenvalue weighted by Gasteiger charge is -2.12. The molecule has 1 aromatic rings. The normalized spacial score (nSPS) is 12.3. The molecule has 4 heteroatoms. The fraction of sp³-hybridized carbons (Fsp3) is 0.364. The maximum Gasteiger partial charge on any atom is 0.254 e. The second kappa shape index (κ2) is 5.38. The van der Waals surface area contributed by atoms with Crippen molar-refractivity contribution in [3.63, 3.8) is 0 Å². The molecule has 1 unspecified atom stereocenters. The van der Waals surface area contributed by atoms with Crippen molar-refractivity contribution in [2.24, 2.45) is 0 Å². The molecule has 0 aliphatic heterocycles. The van der Waals surface area contributed by atoms with E-state index in [1.54, 1.807) is 18.2 Å². The third-order valence-electron chi connectivity index (χ3n) is 2.18. The minimum atomic E-state index is -0.222. The Morgan fingerprint density at radius 2 is 1.93 bits per heavy atom. The van der Waals surface area contributed by atoms with Crippen molar-refractivity contribution in [3.8, 4) is 0 Å². The van der Waals surface area contributed by atoms with Crippen LogP contribution in [0.15, 0.2) is 18.2 Å². The zero-order chi connectivity index (χ0) is 11.4. The second-order valence-corrected chi connectivity index (χ2v) is 4.19. The fourth-order valence-corrected chi connectivity index (χ4v) is 1.68. The molecular weight excluding hydrogens is 233 g/mol. The van der Waals surface area contributed by atoms with E-state index in [4.69, 9.17) is 23.2 Å². The zero-order valence-electron chi connectivity index (χ0n) is 8.68. The summed E-state index contributed by atoms with van der Waals surface area (Å²) in [5.41, 5.74) is 0.348. The number of carbonyl (C=O) groups is 1. The minimum Gasteiger partial charge on any atom is -0.350 e. The Bertz CT molecular complexity index is 345. The topological polar surface area (TPSA) is 29.1 Å². The first-order chi connectivity index (χ1) is 7.06. The largest absolute Gasteiger partial charge is 0.350 e. The summed E-state index contributed by atoms with van der Waals surface area (Å²) in [6, 6.07) is 5.13. The lowest BCUT2D eigenvalue weighted by atomic mass is 10.2. The van der Waals surface area contributed by atoms with Crippen LogP contribution in [0.4, 0.5) is 0 Å². The Labute approximate surface area is 99.6 Å². The van der Waals surface area contributed by atoms with Crippen LogP contribution in [0.2, 0.25) is 10.0 Å². The first-order valence-electron chi connectivity index (χ1n) is 4.81. The zero-order valence-corrected chi connectivity index (χ0v) is 10.2. The number of amides is 1. The Kier molecular flexibility index (Phi) is 4.43. The van der Waals surface area contributed by atoms with E-state index in [1.807, 2.05) is 13.8 Å². The van der Waals surface area contributed by atoms with Gasteiger partial charge in [-0.3, -0.25) is 4.79 Å². The third-order valence-corrected chi connectivity index (χ3v) is 2.81. The molecule has 82 valence electrons. The summed E-state index contributed by atoms with van der Waals surface area (Å²) in [5.74, 6) is -0.222. The fourth-order valence-electron chi connectivity index (χ4n) is 1.11. The Hall–Kier alpha value is -0.730. The maximum atomic E-state index is 11.8. The SMILES string of the molecule is CCC(C)NC(=O)c1c(Cl)cccc1Cl. The highest BCUT2D eigenvalue weighted by Crippen LogP contribution is 2.24. The highest BCUT2D eigenvalue weighted by Gasteiger charge is 2.15. The molecule has 1 atom stereocenters. The smallest absolute Gasteiger partial charge is 0.254 e. The van der Waals surface area contributed by atoms with Gasteiger partial charge in [0.2, 0.25) is 0 Å². The number of benzene rings is 1. The van der Waals surface area contributed by atoms with Crippen LogP contribution < -0.4 is 5.32 Å². The van der Waals surface area contributed by atoms with Crippen LogP contribution in [0, 0.1) is 0 Å². The number of halogens is 2. The molecule has 0 aliphatic rings. The first-order valence-corrected chi connectivity index (χ1v) is 5.56. The van der Waals surface area contributed by atoms with Crippen molar-refractivity contribution < 1.29 is 4.79 Å². The van der Waals surface area contributed by atoms with Gasteiger partial charge in [-0.2, -0.15) is 0 Å². The van der Waals surface area contributed by atoms with Gasteiger partial charge in [0.1, 0.15) is 0 Å². The summed E-state index contributed by atoms with van der Waals surface area (Å²) in [5, 5.41) is 3.58. The molecule has 1 amide bonds. The third kappa shape index (κ3) is 3.11. The van der Waals surface area contributed by atoms with Crippen LogP contribution in [-0.2, 0) is 0 Å². The van der Waals surface area contributed by atoms with Crippen LogP contribution >= 0.6 is 23.2 Å². The molecular formula is C11H13Cl2NO. The minimum absolute atomic E-state index is 0.116. The quantitative estimate of drug-likeness (QED) is 0.868. The molecule has 0 saturated heterocycles. The number of nitrogens with one attached hydrogen (secondary N) is 1. The van der Waals surface area contributed by atoms with E-state index in [-0.39, 0.29) is 11.9 Å². The lowest BCUT2D eigenvalue weighted by Crippen LogP contribution is -2.32. The number of carbonyl (C=O) groups excluding carboxylic acids is 1. The lowest BCUT2D eigenvalue weighted by molar-refractivity contribution is 0.0939. The van der Waals surface area contributed by atoms with Crippen LogP contribution in [0.25, 0.3) is 0 Å². The summed E-state index contributed by atoms with van der Waals surface area (Å²) < 4.78 is 0. The predicted molar refractivity (Wildman–Crippen MR) is 63.7 cm³/mol. The number of hydrogen-bond acceptors (Lipinski definition) is 1. The van der Waals surface area contributed by atoms with Gasteiger partial charge in [-0.15, -0.1) is 0 Å². The molecule has 0 spiro atoms. The van der Waals surface area contributed by atoms with Crippen molar-refractivity contribution in [2.45, 2.75) is 26.3 Å². The Morgan fingerprint density at radius 3 is 2.40 bits per heavy atom. The van der Waals surface area contributed by atoms with Crippen molar-refractivity contribution in [3.05, 3.63) is 33.8 Å². The Balaban J connectivity index is 2.91. The maximum absolute atomic E-state index is 11.8. The molecule has 0 aromatic heterocycles. The van der Waals surface area contributed by atoms with E-state index in [0.29, 0.717) is 15.6 Å². The average Bonchev–Trinajstić information content (AvgIpc) is 2.17. The van der Waals surface area contributed by atoms with E-state index < -0.39 is 0 Å². The van der Waals surface area contributed by atoms with Crippen molar-refractivity contribution >= 4 is 29.1 Å². The monoisotopic (exact) mass is 245 g/mol. The first kappa shape index (κ1) is 12.3. The summed E-state index contributed by atoms with van der Waals surface area (Å²) >= 11 is 11.8.